The van der Waals surface area contributed by atoms with Crippen molar-refractivity contribution in [1.29, 1.82) is 5.26 Å². The third-order valence-corrected chi connectivity index (χ3v) is 4.94. The van der Waals surface area contributed by atoms with Crippen molar-refractivity contribution in [2.24, 2.45) is 0 Å². The lowest BCUT2D eigenvalue weighted by atomic mass is 10.00. The predicted octanol–water partition coefficient (Wildman–Crippen LogP) is 4.03. The van der Waals surface area contributed by atoms with E-state index in [-0.39, 0.29) is 24.3 Å². The lowest BCUT2D eigenvalue weighted by Gasteiger charge is -2.39. The summed E-state index contributed by atoms with van der Waals surface area (Å²) in [5, 5.41) is 9.25. The van der Waals surface area contributed by atoms with Crippen LogP contribution < -0.4 is 4.74 Å². The fraction of sp³-hybridized carbons (Fsp3) is 0.611. The Kier molecular flexibility index (Phi) is 4.92. The summed E-state index contributed by atoms with van der Waals surface area (Å²) in [6.07, 6.45) is 4.73. The first-order chi connectivity index (χ1) is 11.8. The number of ether oxygens (including phenoxy) is 2. The monoisotopic (exact) mass is 407 g/mol. The van der Waals surface area contributed by atoms with E-state index in [0.29, 0.717) is 11.4 Å². The molecule has 2 bridgehead atoms. The molecule has 0 saturated carbocycles. The van der Waals surface area contributed by atoms with Crippen molar-refractivity contribution in [3.63, 3.8) is 0 Å². The third kappa shape index (κ3) is 4.06. The van der Waals surface area contributed by atoms with Crippen LogP contribution in [0.2, 0.25) is 0 Å². The highest BCUT2D eigenvalue weighted by Crippen LogP contribution is 2.38. The number of piperidine rings is 1. The lowest BCUT2D eigenvalue weighted by molar-refractivity contribution is -0.00764. The van der Waals surface area contributed by atoms with Gasteiger partial charge in [-0.3, -0.25) is 0 Å². The molecule has 6 nitrogen and oxygen atoms in total. The smallest absolute Gasteiger partial charge is 0.410 e. The molecule has 7 heteroatoms. The highest BCUT2D eigenvalue weighted by Gasteiger charge is 2.45. The first kappa shape index (κ1) is 18.0. The fourth-order valence-electron chi connectivity index (χ4n) is 3.59. The molecule has 0 aromatic carbocycles. The maximum atomic E-state index is 12.5. The summed E-state index contributed by atoms with van der Waals surface area (Å²) in [6.45, 7) is 5.64. The van der Waals surface area contributed by atoms with Gasteiger partial charge in [-0.05, 0) is 55.6 Å². The summed E-state index contributed by atoms with van der Waals surface area (Å²) in [5.74, 6) is 0.362. The van der Waals surface area contributed by atoms with Crippen LogP contribution in [-0.4, -0.2) is 39.8 Å². The van der Waals surface area contributed by atoms with E-state index in [1.54, 1.807) is 12.3 Å². The van der Waals surface area contributed by atoms with Gasteiger partial charge in [-0.25, -0.2) is 9.78 Å². The Morgan fingerprint density at radius 3 is 2.56 bits per heavy atom. The number of nitriles is 1. The molecule has 3 rings (SSSR count). The Morgan fingerprint density at radius 1 is 1.36 bits per heavy atom. The van der Waals surface area contributed by atoms with Crippen LogP contribution >= 0.6 is 15.9 Å². The number of hydrogen-bond acceptors (Lipinski definition) is 5. The molecule has 0 N–H and O–H groups in total. The number of carbonyl (C=O) groups excluding carboxylic acids is 1. The number of hydrogen-bond donors (Lipinski definition) is 0. The number of halogens is 1. The molecule has 2 aliphatic rings. The van der Waals surface area contributed by atoms with Crippen molar-refractivity contribution >= 4 is 22.0 Å². The number of aromatic nitrogens is 1. The Labute approximate surface area is 156 Å². The molecular formula is C18H22BrN3O3. The van der Waals surface area contributed by atoms with E-state index in [0.717, 1.165) is 30.2 Å². The molecule has 2 aliphatic heterocycles. The van der Waals surface area contributed by atoms with E-state index in [4.69, 9.17) is 9.47 Å². The van der Waals surface area contributed by atoms with Crippen LogP contribution in [0.15, 0.2) is 16.7 Å². The number of carbonyl (C=O) groups is 1. The number of amides is 1. The first-order valence-electron chi connectivity index (χ1n) is 8.50. The van der Waals surface area contributed by atoms with Gasteiger partial charge in [0.25, 0.3) is 0 Å². The van der Waals surface area contributed by atoms with Crippen molar-refractivity contribution in [3.8, 4) is 11.9 Å². The van der Waals surface area contributed by atoms with Gasteiger partial charge in [0.15, 0.2) is 0 Å². The standard InChI is InChI=1S/C18H22BrN3O3/c1-18(2,3)25-17(23)22-13-4-5-14(22)8-15(7-13)24-16-11(9-20)6-12(19)10-21-16/h6,10,13-15H,4-5,7-8H2,1-3H3. The Balaban J connectivity index is 1.68. The zero-order chi connectivity index (χ0) is 18.2. The maximum Gasteiger partial charge on any atom is 0.410 e. The quantitative estimate of drug-likeness (QED) is 0.739. The maximum absolute atomic E-state index is 12.5. The zero-order valence-corrected chi connectivity index (χ0v) is 16.2. The minimum Gasteiger partial charge on any atom is -0.473 e. The van der Waals surface area contributed by atoms with Crippen LogP contribution in [0.1, 0.15) is 52.0 Å². The molecule has 2 fully saturated rings. The van der Waals surface area contributed by atoms with Gasteiger partial charge in [0, 0.05) is 35.6 Å². The minimum absolute atomic E-state index is 0.0445. The van der Waals surface area contributed by atoms with Crippen molar-refractivity contribution in [3.05, 3.63) is 22.3 Å². The molecule has 1 amide bonds. The van der Waals surface area contributed by atoms with Gasteiger partial charge in [0.2, 0.25) is 5.88 Å². The Morgan fingerprint density at radius 2 is 2.00 bits per heavy atom. The topological polar surface area (TPSA) is 75.4 Å². The average molecular weight is 408 g/mol. The number of pyridine rings is 1. The summed E-state index contributed by atoms with van der Waals surface area (Å²) in [5.41, 5.74) is -0.0799. The molecule has 3 heterocycles. The summed E-state index contributed by atoms with van der Waals surface area (Å²) in [7, 11) is 0. The zero-order valence-electron chi connectivity index (χ0n) is 14.7. The predicted molar refractivity (Wildman–Crippen MR) is 95.2 cm³/mol. The second kappa shape index (κ2) is 6.83. The van der Waals surface area contributed by atoms with Crippen LogP contribution in [0.3, 0.4) is 0 Å². The van der Waals surface area contributed by atoms with Crippen molar-refractivity contribution in [1.82, 2.24) is 9.88 Å². The van der Waals surface area contributed by atoms with Gasteiger partial charge in [-0.15, -0.1) is 0 Å². The summed E-state index contributed by atoms with van der Waals surface area (Å²) in [6, 6.07) is 4.07. The fourth-order valence-corrected chi connectivity index (χ4v) is 3.93. The molecule has 2 unspecified atom stereocenters. The van der Waals surface area contributed by atoms with Gasteiger partial charge in [0.05, 0.1) is 0 Å². The highest BCUT2D eigenvalue weighted by molar-refractivity contribution is 9.10. The van der Waals surface area contributed by atoms with Crippen molar-refractivity contribution in [2.75, 3.05) is 0 Å². The van der Waals surface area contributed by atoms with Crippen molar-refractivity contribution < 1.29 is 14.3 Å². The molecule has 1 aromatic heterocycles. The van der Waals surface area contributed by atoms with Crippen LogP contribution in [0.25, 0.3) is 0 Å². The lowest BCUT2D eigenvalue weighted by Crippen LogP contribution is -2.50. The molecule has 0 aliphatic carbocycles. The second-order valence-electron chi connectivity index (χ2n) is 7.60. The molecule has 134 valence electrons. The van der Waals surface area contributed by atoms with E-state index >= 15 is 0 Å². The molecular weight excluding hydrogens is 386 g/mol. The number of nitrogens with zero attached hydrogens (tertiary/aromatic N) is 3. The van der Waals surface area contributed by atoms with Gasteiger partial charge in [-0.2, -0.15) is 5.26 Å². The van der Waals surface area contributed by atoms with Crippen LogP contribution in [0.4, 0.5) is 4.79 Å². The molecule has 0 spiro atoms. The van der Waals surface area contributed by atoms with Gasteiger partial charge < -0.3 is 14.4 Å². The van der Waals surface area contributed by atoms with Crippen LogP contribution in [0, 0.1) is 11.3 Å². The van der Waals surface area contributed by atoms with E-state index < -0.39 is 5.60 Å². The van der Waals surface area contributed by atoms with E-state index in [1.807, 2.05) is 25.7 Å². The van der Waals surface area contributed by atoms with Gasteiger partial charge in [0.1, 0.15) is 23.3 Å². The number of rotatable bonds is 2. The minimum atomic E-state index is -0.493. The molecule has 2 atom stereocenters. The average Bonchev–Trinajstić information content (AvgIpc) is 2.79. The molecule has 1 aromatic rings. The molecule has 0 radical (unpaired) electrons. The highest BCUT2D eigenvalue weighted by atomic mass is 79.9. The normalized spacial score (nSPS) is 25.4. The molecule has 2 saturated heterocycles. The van der Waals surface area contributed by atoms with E-state index in [1.165, 1.54) is 0 Å². The largest absolute Gasteiger partial charge is 0.473 e. The summed E-state index contributed by atoms with van der Waals surface area (Å²) in [4.78, 5) is 18.6. The molecule has 25 heavy (non-hydrogen) atoms. The number of fused-ring (bicyclic) bond motifs is 2. The van der Waals surface area contributed by atoms with E-state index in [2.05, 4.69) is 27.0 Å². The first-order valence-corrected chi connectivity index (χ1v) is 9.30. The van der Waals surface area contributed by atoms with Gasteiger partial charge in [-0.1, -0.05) is 0 Å². The third-order valence-electron chi connectivity index (χ3n) is 4.51. The van der Waals surface area contributed by atoms with Gasteiger partial charge >= 0.3 is 6.09 Å². The summed E-state index contributed by atoms with van der Waals surface area (Å²) >= 11 is 3.31. The van der Waals surface area contributed by atoms with Crippen molar-refractivity contribution in [2.45, 2.75) is 70.2 Å². The summed E-state index contributed by atoms with van der Waals surface area (Å²) < 4.78 is 12.3. The van der Waals surface area contributed by atoms with Crippen LogP contribution in [0.5, 0.6) is 5.88 Å². The second-order valence-corrected chi connectivity index (χ2v) is 8.52. The Hall–Kier alpha value is -1.81. The van der Waals surface area contributed by atoms with E-state index in [9.17, 15) is 10.1 Å². The Bertz CT molecular complexity index is 696. The SMILES string of the molecule is CC(C)(C)OC(=O)N1C2CCC1CC(Oc1ncc(Br)cc1C#N)C2. The van der Waals surface area contributed by atoms with Crippen LogP contribution in [-0.2, 0) is 4.74 Å².